The topological polar surface area (TPSA) is 78.1 Å². The molecule has 0 amide bonds. The van der Waals surface area contributed by atoms with Crippen LogP contribution >= 0.6 is 15.9 Å². The highest BCUT2D eigenvalue weighted by Gasteiger charge is 2.19. The summed E-state index contributed by atoms with van der Waals surface area (Å²) in [5.74, 6) is 1.63. The van der Waals surface area contributed by atoms with Gasteiger partial charge in [0.05, 0.1) is 6.04 Å². The standard InChI is InChI=1S/C10H12BrN3O2/c1-5(2)8(12)9-13-10(16-14-9)6-3-4-7(11)15-6/h3-5,8H,12H2,1-2H3. The molecule has 0 spiro atoms. The van der Waals surface area contributed by atoms with Crippen LogP contribution in [0.3, 0.4) is 0 Å². The Morgan fingerprint density at radius 3 is 2.69 bits per heavy atom. The third kappa shape index (κ3) is 2.17. The maximum atomic E-state index is 5.91. The Kier molecular flexibility index (Phi) is 3.11. The highest BCUT2D eigenvalue weighted by molar-refractivity contribution is 9.10. The Hall–Kier alpha value is -1.14. The molecule has 0 saturated carbocycles. The van der Waals surface area contributed by atoms with Gasteiger partial charge in [0.1, 0.15) is 0 Å². The fourth-order valence-corrected chi connectivity index (χ4v) is 1.50. The number of aromatic nitrogens is 2. The summed E-state index contributed by atoms with van der Waals surface area (Å²) in [4.78, 5) is 4.20. The number of hydrogen-bond donors (Lipinski definition) is 1. The lowest BCUT2D eigenvalue weighted by Gasteiger charge is -2.09. The molecule has 1 atom stereocenters. The van der Waals surface area contributed by atoms with Gasteiger partial charge < -0.3 is 14.7 Å². The van der Waals surface area contributed by atoms with Crippen molar-refractivity contribution in [2.45, 2.75) is 19.9 Å². The average molecular weight is 286 g/mol. The van der Waals surface area contributed by atoms with Crippen LogP contribution in [0.2, 0.25) is 0 Å². The largest absolute Gasteiger partial charge is 0.444 e. The fourth-order valence-electron chi connectivity index (χ4n) is 1.20. The fraction of sp³-hybridized carbons (Fsp3) is 0.400. The van der Waals surface area contributed by atoms with E-state index in [1.807, 2.05) is 13.8 Å². The summed E-state index contributed by atoms with van der Waals surface area (Å²) in [6.07, 6.45) is 0. The second kappa shape index (κ2) is 4.39. The number of halogens is 1. The third-order valence-electron chi connectivity index (χ3n) is 2.24. The lowest BCUT2D eigenvalue weighted by Crippen LogP contribution is -2.18. The zero-order chi connectivity index (χ0) is 11.7. The van der Waals surface area contributed by atoms with Crippen molar-refractivity contribution >= 4 is 15.9 Å². The normalized spacial score (nSPS) is 13.3. The Morgan fingerprint density at radius 1 is 1.38 bits per heavy atom. The molecule has 2 aromatic heterocycles. The minimum Gasteiger partial charge on any atom is -0.444 e. The van der Waals surface area contributed by atoms with Gasteiger partial charge in [0.25, 0.3) is 5.89 Å². The Labute approximate surface area is 101 Å². The first-order valence-corrected chi connectivity index (χ1v) is 5.72. The van der Waals surface area contributed by atoms with E-state index in [0.717, 1.165) is 0 Å². The van der Waals surface area contributed by atoms with Gasteiger partial charge in [-0.05, 0) is 34.0 Å². The first-order chi connectivity index (χ1) is 7.58. The molecule has 86 valence electrons. The van der Waals surface area contributed by atoms with Crippen LogP contribution in [0.15, 0.2) is 25.7 Å². The molecule has 0 bridgehead atoms. The Balaban J connectivity index is 2.26. The van der Waals surface area contributed by atoms with Gasteiger partial charge in [0.15, 0.2) is 16.3 Å². The number of nitrogens with zero attached hydrogens (tertiary/aromatic N) is 2. The van der Waals surface area contributed by atoms with Gasteiger partial charge in [-0.1, -0.05) is 19.0 Å². The van der Waals surface area contributed by atoms with Gasteiger partial charge in [0.2, 0.25) is 0 Å². The molecule has 0 aliphatic carbocycles. The monoisotopic (exact) mass is 285 g/mol. The van der Waals surface area contributed by atoms with Crippen molar-refractivity contribution in [3.05, 3.63) is 22.6 Å². The van der Waals surface area contributed by atoms with Crippen molar-refractivity contribution < 1.29 is 8.94 Å². The molecule has 2 N–H and O–H groups in total. The molecule has 2 aromatic rings. The predicted octanol–water partition coefficient (Wildman–Crippen LogP) is 2.75. The van der Waals surface area contributed by atoms with E-state index in [9.17, 15) is 0 Å². The van der Waals surface area contributed by atoms with Gasteiger partial charge in [-0.2, -0.15) is 4.98 Å². The molecular formula is C10H12BrN3O2. The summed E-state index contributed by atoms with van der Waals surface area (Å²) in [6.45, 7) is 4.01. The van der Waals surface area contributed by atoms with Crippen LogP contribution in [-0.4, -0.2) is 10.1 Å². The second-order valence-corrected chi connectivity index (χ2v) is 4.61. The Morgan fingerprint density at radius 2 is 2.12 bits per heavy atom. The van der Waals surface area contributed by atoms with E-state index in [0.29, 0.717) is 22.1 Å². The first-order valence-electron chi connectivity index (χ1n) is 4.93. The van der Waals surface area contributed by atoms with Crippen LogP contribution in [-0.2, 0) is 0 Å². The Bertz CT molecular complexity index is 478. The molecule has 2 rings (SSSR count). The number of hydrogen-bond acceptors (Lipinski definition) is 5. The SMILES string of the molecule is CC(C)C(N)c1noc(-c2ccc(Br)o2)n1. The summed E-state index contributed by atoms with van der Waals surface area (Å²) in [6, 6.07) is 3.29. The van der Waals surface area contributed by atoms with E-state index in [2.05, 4.69) is 26.1 Å². The lowest BCUT2D eigenvalue weighted by molar-refractivity contribution is 0.390. The van der Waals surface area contributed by atoms with Crippen molar-refractivity contribution in [2.75, 3.05) is 0 Å². The summed E-state index contributed by atoms with van der Waals surface area (Å²) < 4.78 is 11.0. The molecule has 16 heavy (non-hydrogen) atoms. The minimum atomic E-state index is -0.226. The maximum Gasteiger partial charge on any atom is 0.293 e. The summed E-state index contributed by atoms with van der Waals surface area (Å²) >= 11 is 3.21. The van der Waals surface area contributed by atoms with E-state index in [4.69, 9.17) is 14.7 Å². The number of rotatable bonds is 3. The van der Waals surface area contributed by atoms with E-state index in [-0.39, 0.29) is 12.0 Å². The smallest absolute Gasteiger partial charge is 0.293 e. The average Bonchev–Trinajstić information content (AvgIpc) is 2.84. The molecule has 0 aliphatic rings. The van der Waals surface area contributed by atoms with Gasteiger partial charge >= 0.3 is 0 Å². The number of nitrogens with two attached hydrogens (primary N) is 1. The maximum absolute atomic E-state index is 5.91. The molecular weight excluding hydrogens is 274 g/mol. The van der Waals surface area contributed by atoms with Crippen LogP contribution in [0, 0.1) is 5.92 Å². The highest BCUT2D eigenvalue weighted by atomic mass is 79.9. The molecule has 2 heterocycles. The highest BCUT2D eigenvalue weighted by Crippen LogP contribution is 2.25. The second-order valence-electron chi connectivity index (χ2n) is 3.83. The van der Waals surface area contributed by atoms with E-state index in [1.165, 1.54) is 0 Å². The zero-order valence-electron chi connectivity index (χ0n) is 8.98. The van der Waals surface area contributed by atoms with E-state index >= 15 is 0 Å². The zero-order valence-corrected chi connectivity index (χ0v) is 10.6. The van der Waals surface area contributed by atoms with Crippen molar-refractivity contribution in [3.63, 3.8) is 0 Å². The van der Waals surface area contributed by atoms with Gasteiger partial charge in [-0.3, -0.25) is 0 Å². The minimum absolute atomic E-state index is 0.226. The summed E-state index contributed by atoms with van der Waals surface area (Å²) in [7, 11) is 0. The molecule has 6 heteroatoms. The van der Waals surface area contributed by atoms with Crippen LogP contribution in [0.1, 0.15) is 25.7 Å². The van der Waals surface area contributed by atoms with Gasteiger partial charge in [-0.15, -0.1) is 0 Å². The van der Waals surface area contributed by atoms with Crippen LogP contribution in [0.5, 0.6) is 0 Å². The summed E-state index contributed by atoms with van der Waals surface area (Å²) in [5, 5.41) is 3.84. The molecule has 0 fully saturated rings. The number of furan rings is 1. The van der Waals surface area contributed by atoms with Gasteiger partial charge in [0, 0.05) is 0 Å². The summed E-state index contributed by atoms with van der Waals surface area (Å²) in [5.41, 5.74) is 5.91. The predicted molar refractivity (Wildman–Crippen MR) is 61.5 cm³/mol. The quantitative estimate of drug-likeness (QED) is 0.938. The molecule has 0 aliphatic heterocycles. The van der Waals surface area contributed by atoms with Gasteiger partial charge in [-0.25, -0.2) is 0 Å². The van der Waals surface area contributed by atoms with Crippen molar-refractivity contribution in [1.29, 1.82) is 0 Å². The molecule has 1 unspecified atom stereocenters. The van der Waals surface area contributed by atoms with Crippen LogP contribution in [0.4, 0.5) is 0 Å². The first kappa shape index (κ1) is 11.3. The molecule has 0 saturated heterocycles. The molecule has 0 aromatic carbocycles. The van der Waals surface area contributed by atoms with Crippen molar-refractivity contribution in [2.24, 2.45) is 11.7 Å². The van der Waals surface area contributed by atoms with Crippen LogP contribution in [0.25, 0.3) is 11.7 Å². The lowest BCUT2D eigenvalue weighted by atomic mass is 10.1. The van der Waals surface area contributed by atoms with Crippen molar-refractivity contribution in [1.82, 2.24) is 10.1 Å². The van der Waals surface area contributed by atoms with E-state index < -0.39 is 0 Å². The van der Waals surface area contributed by atoms with E-state index in [1.54, 1.807) is 12.1 Å². The molecule has 0 radical (unpaired) electrons. The molecule has 5 nitrogen and oxygen atoms in total. The van der Waals surface area contributed by atoms with Crippen LogP contribution < -0.4 is 5.73 Å². The third-order valence-corrected chi connectivity index (χ3v) is 2.67. The van der Waals surface area contributed by atoms with Crippen molar-refractivity contribution in [3.8, 4) is 11.7 Å².